The lowest BCUT2D eigenvalue weighted by Crippen LogP contribution is -2.30. The second-order valence-electron chi connectivity index (χ2n) is 3.49. The number of hydrogen-bond donors (Lipinski definition) is 1. The fraction of sp³-hybridized carbons (Fsp3) is 0.889. The first-order valence-electron chi connectivity index (χ1n) is 5.06. The lowest BCUT2D eigenvalue weighted by Gasteiger charge is -2.16. The molecule has 1 N–H and O–H groups in total. The van der Waals surface area contributed by atoms with Gasteiger partial charge in [0.1, 0.15) is 0 Å². The Hall–Kier alpha value is -0.620. The molecule has 0 saturated heterocycles. The minimum absolute atomic E-state index is 0.0838. The monoisotopic (exact) mass is 237 g/mol. The van der Waals surface area contributed by atoms with Gasteiger partial charge in [-0.15, -0.1) is 0 Å². The topological polar surface area (TPSA) is 74.7 Å². The summed E-state index contributed by atoms with van der Waals surface area (Å²) in [7, 11) is -1.72. The molecule has 0 amide bonds. The molecule has 0 aromatic heterocycles. The standard InChI is InChI=1S/C9H19NO4S/c1-3-4-7-10(2)15(13,14)8-5-6-9(11)12/h3-8H2,1-2H3,(H,11,12). The van der Waals surface area contributed by atoms with Gasteiger partial charge in [-0.2, -0.15) is 0 Å². The van der Waals surface area contributed by atoms with Crippen molar-refractivity contribution >= 4 is 16.0 Å². The highest BCUT2D eigenvalue weighted by molar-refractivity contribution is 7.89. The number of carboxylic acid groups (broad SMARTS) is 1. The van der Waals surface area contributed by atoms with Gasteiger partial charge >= 0.3 is 5.97 Å². The molecule has 0 spiro atoms. The van der Waals surface area contributed by atoms with E-state index in [0.29, 0.717) is 6.54 Å². The van der Waals surface area contributed by atoms with Gasteiger partial charge in [0.15, 0.2) is 0 Å². The van der Waals surface area contributed by atoms with Gasteiger partial charge < -0.3 is 5.11 Å². The number of carbonyl (C=O) groups is 1. The fourth-order valence-electron chi connectivity index (χ4n) is 1.08. The average molecular weight is 237 g/mol. The van der Waals surface area contributed by atoms with Crippen LogP contribution in [-0.2, 0) is 14.8 Å². The Balaban J connectivity index is 4.00. The Bertz CT molecular complexity index is 286. The van der Waals surface area contributed by atoms with Crippen LogP contribution in [0.3, 0.4) is 0 Å². The summed E-state index contributed by atoms with van der Waals surface area (Å²) >= 11 is 0. The molecular formula is C9H19NO4S. The van der Waals surface area contributed by atoms with Crippen LogP contribution in [0.1, 0.15) is 32.6 Å². The molecule has 15 heavy (non-hydrogen) atoms. The van der Waals surface area contributed by atoms with Crippen molar-refractivity contribution in [1.29, 1.82) is 0 Å². The Morgan fingerprint density at radius 1 is 1.33 bits per heavy atom. The number of sulfonamides is 1. The van der Waals surface area contributed by atoms with E-state index in [0.717, 1.165) is 12.8 Å². The summed E-state index contributed by atoms with van der Waals surface area (Å²) in [5.74, 6) is -1.04. The van der Waals surface area contributed by atoms with Gasteiger partial charge in [0.05, 0.1) is 5.75 Å². The normalized spacial score (nSPS) is 11.9. The minimum atomic E-state index is -3.26. The summed E-state index contributed by atoms with van der Waals surface area (Å²) in [4.78, 5) is 10.2. The van der Waals surface area contributed by atoms with E-state index in [4.69, 9.17) is 5.11 Å². The first-order chi connectivity index (χ1) is 6.90. The van der Waals surface area contributed by atoms with Crippen molar-refractivity contribution in [3.05, 3.63) is 0 Å². The summed E-state index contributed by atoms with van der Waals surface area (Å²) in [5.41, 5.74) is 0. The fourth-order valence-corrected chi connectivity index (χ4v) is 2.31. The molecule has 6 heteroatoms. The van der Waals surface area contributed by atoms with E-state index in [-0.39, 0.29) is 18.6 Å². The largest absolute Gasteiger partial charge is 0.481 e. The van der Waals surface area contributed by atoms with E-state index in [1.54, 1.807) is 0 Å². The molecule has 0 rings (SSSR count). The molecule has 0 fully saturated rings. The first kappa shape index (κ1) is 14.4. The molecule has 0 aliphatic rings. The van der Waals surface area contributed by atoms with Crippen molar-refractivity contribution in [3.8, 4) is 0 Å². The molecule has 0 aromatic rings. The minimum Gasteiger partial charge on any atom is -0.481 e. The van der Waals surface area contributed by atoms with Gasteiger partial charge in [-0.05, 0) is 12.8 Å². The third-order valence-electron chi connectivity index (χ3n) is 2.09. The van der Waals surface area contributed by atoms with Gasteiger partial charge in [-0.25, -0.2) is 12.7 Å². The Morgan fingerprint density at radius 3 is 2.40 bits per heavy atom. The zero-order valence-electron chi connectivity index (χ0n) is 9.27. The molecule has 0 bridgehead atoms. The molecule has 0 aliphatic heterocycles. The van der Waals surface area contributed by atoms with E-state index in [9.17, 15) is 13.2 Å². The molecule has 0 heterocycles. The predicted molar refractivity (Wildman–Crippen MR) is 58.2 cm³/mol. The van der Waals surface area contributed by atoms with Crippen molar-refractivity contribution < 1.29 is 18.3 Å². The SMILES string of the molecule is CCCCN(C)S(=O)(=O)CCCC(=O)O. The second-order valence-corrected chi connectivity index (χ2v) is 5.68. The van der Waals surface area contributed by atoms with Crippen LogP contribution < -0.4 is 0 Å². The Morgan fingerprint density at radius 2 is 1.93 bits per heavy atom. The summed E-state index contributed by atoms with van der Waals surface area (Å²) in [5, 5.41) is 8.38. The molecule has 0 saturated carbocycles. The molecule has 5 nitrogen and oxygen atoms in total. The average Bonchev–Trinajstić information content (AvgIpc) is 2.13. The van der Waals surface area contributed by atoms with E-state index < -0.39 is 16.0 Å². The molecule has 0 aliphatic carbocycles. The lowest BCUT2D eigenvalue weighted by molar-refractivity contribution is -0.137. The number of rotatable bonds is 8. The van der Waals surface area contributed by atoms with Crippen molar-refractivity contribution in [2.45, 2.75) is 32.6 Å². The van der Waals surface area contributed by atoms with Gasteiger partial charge in [-0.3, -0.25) is 4.79 Å². The van der Waals surface area contributed by atoms with E-state index in [2.05, 4.69) is 0 Å². The van der Waals surface area contributed by atoms with E-state index in [1.165, 1.54) is 11.4 Å². The highest BCUT2D eigenvalue weighted by Crippen LogP contribution is 2.04. The van der Waals surface area contributed by atoms with Gasteiger partial charge in [-0.1, -0.05) is 13.3 Å². The molecular weight excluding hydrogens is 218 g/mol. The Labute approximate surface area is 91.1 Å². The van der Waals surface area contributed by atoms with Gasteiger partial charge in [0.2, 0.25) is 10.0 Å². The third-order valence-corrected chi connectivity index (χ3v) is 4.03. The zero-order valence-corrected chi connectivity index (χ0v) is 10.1. The van der Waals surface area contributed by atoms with Crippen LogP contribution >= 0.6 is 0 Å². The summed E-state index contributed by atoms with van der Waals surface area (Å²) in [6, 6.07) is 0. The molecule has 0 atom stereocenters. The lowest BCUT2D eigenvalue weighted by atomic mass is 10.3. The summed E-state index contributed by atoms with van der Waals surface area (Å²) in [6.45, 7) is 2.50. The number of carboxylic acids is 1. The summed E-state index contributed by atoms with van der Waals surface area (Å²) < 4.78 is 24.4. The van der Waals surface area contributed by atoms with Crippen molar-refractivity contribution in [2.24, 2.45) is 0 Å². The number of nitrogens with zero attached hydrogens (tertiary/aromatic N) is 1. The number of aliphatic carboxylic acids is 1. The highest BCUT2D eigenvalue weighted by Gasteiger charge is 2.16. The van der Waals surface area contributed by atoms with Crippen molar-refractivity contribution in [1.82, 2.24) is 4.31 Å². The molecule has 0 aromatic carbocycles. The van der Waals surface area contributed by atoms with Crippen LogP contribution in [0.4, 0.5) is 0 Å². The number of unbranched alkanes of at least 4 members (excludes halogenated alkanes) is 1. The highest BCUT2D eigenvalue weighted by atomic mass is 32.2. The first-order valence-corrected chi connectivity index (χ1v) is 6.67. The van der Waals surface area contributed by atoms with Crippen LogP contribution in [0.2, 0.25) is 0 Å². The van der Waals surface area contributed by atoms with Crippen molar-refractivity contribution in [3.63, 3.8) is 0 Å². The second kappa shape index (κ2) is 6.79. The quantitative estimate of drug-likeness (QED) is 0.681. The predicted octanol–water partition coefficient (Wildman–Crippen LogP) is 0.913. The zero-order chi connectivity index (χ0) is 11.9. The molecule has 0 unspecified atom stereocenters. The maximum Gasteiger partial charge on any atom is 0.303 e. The maximum atomic E-state index is 11.6. The Kier molecular flexibility index (Phi) is 6.51. The van der Waals surface area contributed by atoms with E-state index in [1.807, 2.05) is 6.92 Å². The third kappa shape index (κ3) is 6.46. The smallest absolute Gasteiger partial charge is 0.303 e. The van der Waals surface area contributed by atoms with Crippen molar-refractivity contribution in [2.75, 3.05) is 19.3 Å². The summed E-state index contributed by atoms with van der Waals surface area (Å²) in [6.07, 6.45) is 1.85. The van der Waals surface area contributed by atoms with Crippen LogP contribution in [0, 0.1) is 0 Å². The molecule has 90 valence electrons. The van der Waals surface area contributed by atoms with Crippen LogP contribution in [0.5, 0.6) is 0 Å². The maximum absolute atomic E-state index is 11.6. The number of hydrogen-bond acceptors (Lipinski definition) is 3. The van der Waals surface area contributed by atoms with Gasteiger partial charge in [0.25, 0.3) is 0 Å². The van der Waals surface area contributed by atoms with Crippen LogP contribution in [0.25, 0.3) is 0 Å². The van der Waals surface area contributed by atoms with Gasteiger partial charge in [0, 0.05) is 20.0 Å². The van der Waals surface area contributed by atoms with Crippen LogP contribution in [-0.4, -0.2) is 43.1 Å². The molecule has 0 radical (unpaired) electrons. The van der Waals surface area contributed by atoms with Crippen LogP contribution in [0.15, 0.2) is 0 Å². The van der Waals surface area contributed by atoms with E-state index >= 15 is 0 Å².